The summed E-state index contributed by atoms with van der Waals surface area (Å²) < 4.78 is 0. The lowest BCUT2D eigenvalue weighted by atomic mass is 10.00. The average molecular weight is 302 g/mol. The Kier molecular flexibility index (Phi) is 5.11. The smallest absolute Gasteiger partial charge is 0.162 e. The van der Waals surface area contributed by atoms with Gasteiger partial charge in [-0.1, -0.05) is 43.2 Å². The van der Waals surface area contributed by atoms with Crippen LogP contribution in [0.2, 0.25) is 0 Å². The summed E-state index contributed by atoms with van der Waals surface area (Å²) in [5.74, 6) is 1.37. The number of carbonyl (C=O) groups is 1. The van der Waals surface area contributed by atoms with Crippen LogP contribution < -0.4 is 0 Å². The fourth-order valence-electron chi connectivity index (χ4n) is 3.73. The van der Waals surface area contributed by atoms with Gasteiger partial charge in [-0.2, -0.15) is 0 Å². The summed E-state index contributed by atoms with van der Waals surface area (Å²) in [6.45, 7) is 10.6. The molecule has 0 amide bonds. The molecule has 0 aromatic heterocycles. The van der Waals surface area contributed by atoms with Crippen LogP contribution in [0.15, 0.2) is 34.9 Å². The molecule has 0 aromatic carbocycles. The quantitative estimate of drug-likeness (QED) is 0.664. The second kappa shape index (κ2) is 6.54. The largest absolute Gasteiger partial charge is 0.389 e. The first-order valence-corrected chi connectivity index (χ1v) is 8.44. The number of carbonyl (C=O) groups excluding carboxylic acids is 1. The number of rotatable bonds is 0. The van der Waals surface area contributed by atoms with Gasteiger partial charge in [0.25, 0.3) is 0 Å². The monoisotopic (exact) mass is 302 g/mol. The zero-order valence-corrected chi connectivity index (χ0v) is 14.6. The van der Waals surface area contributed by atoms with E-state index in [0.29, 0.717) is 30.1 Å². The Hall–Kier alpha value is -1.15. The van der Waals surface area contributed by atoms with E-state index in [1.165, 1.54) is 5.57 Å². The predicted octanol–water partition coefficient (Wildman–Crippen LogP) is 4.60. The maximum atomic E-state index is 12.3. The summed E-state index contributed by atoms with van der Waals surface area (Å²) in [5, 5.41) is 10.1. The SMILES string of the molecule is C/C1=C\[C@@H](O)C/C(C)=C/CC(=O)/C(C)=C/[C@@H]2[C@@H](CC1)C2(C)C. The summed E-state index contributed by atoms with van der Waals surface area (Å²) in [6.07, 6.45) is 8.95. The lowest BCUT2D eigenvalue weighted by molar-refractivity contribution is -0.114. The maximum Gasteiger partial charge on any atom is 0.162 e. The molecule has 2 nitrogen and oxygen atoms in total. The minimum Gasteiger partial charge on any atom is -0.389 e. The average Bonchev–Trinajstić information content (AvgIpc) is 2.92. The van der Waals surface area contributed by atoms with Gasteiger partial charge in [-0.05, 0) is 62.9 Å². The molecule has 1 fully saturated rings. The zero-order valence-electron chi connectivity index (χ0n) is 14.6. The van der Waals surface area contributed by atoms with Gasteiger partial charge < -0.3 is 5.11 Å². The Labute approximate surface area is 135 Å². The highest BCUT2D eigenvalue weighted by Crippen LogP contribution is 2.61. The summed E-state index contributed by atoms with van der Waals surface area (Å²) in [5.41, 5.74) is 3.55. The molecule has 22 heavy (non-hydrogen) atoms. The fourth-order valence-corrected chi connectivity index (χ4v) is 3.73. The van der Waals surface area contributed by atoms with Crippen molar-refractivity contribution in [3.05, 3.63) is 34.9 Å². The van der Waals surface area contributed by atoms with Gasteiger partial charge in [0.15, 0.2) is 5.78 Å². The van der Waals surface area contributed by atoms with Crippen molar-refractivity contribution >= 4 is 5.78 Å². The van der Waals surface area contributed by atoms with Gasteiger partial charge in [0.2, 0.25) is 0 Å². The fraction of sp³-hybridized carbons (Fsp3) is 0.650. The molecule has 122 valence electrons. The van der Waals surface area contributed by atoms with Crippen LogP contribution in [0.5, 0.6) is 0 Å². The molecular formula is C20H30O2. The van der Waals surface area contributed by atoms with Crippen molar-refractivity contribution in [2.24, 2.45) is 17.3 Å². The first-order chi connectivity index (χ1) is 10.2. The number of hydrogen-bond donors (Lipinski definition) is 1. The van der Waals surface area contributed by atoms with E-state index in [0.717, 1.165) is 24.0 Å². The Morgan fingerprint density at radius 2 is 1.82 bits per heavy atom. The van der Waals surface area contributed by atoms with Gasteiger partial charge in [-0.15, -0.1) is 0 Å². The van der Waals surface area contributed by atoms with E-state index < -0.39 is 6.10 Å². The highest BCUT2D eigenvalue weighted by molar-refractivity contribution is 5.95. The van der Waals surface area contributed by atoms with Crippen molar-refractivity contribution in [3.63, 3.8) is 0 Å². The number of aliphatic hydroxyl groups is 1. The lowest BCUT2D eigenvalue weighted by Crippen LogP contribution is -2.05. The normalized spacial score (nSPS) is 40.2. The van der Waals surface area contributed by atoms with Crippen LogP contribution in [0.25, 0.3) is 0 Å². The Morgan fingerprint density at radius 1 is 1.14 bits per heavy atom. The molecule has 1 N–H and O–H groups in total. The Bertz CT molecular complexity index is 534. The third-order valence-corrected chi connectivity index (χ3v) is 5.50. The van der Waals surface area contributed by atoms with Gasteiger partial charge in [0.05, 0.1) is 6.10 Å². The van der Waals surface area contributed by atoms with E-state index in [4.69, 9.17) is 0 Å². The number of aliphatic hydroxyl groups excluding tert-OH is 1. The van der Waals surface area contributed by atoms with Crippen LogP contribution in [0.3, 0.4) is 0 Å². The lowest BCUT2D eigenvalue weighted by Gasteiger charge is -2.10. The summed E-state index contributed by atoms with van der Waals surface area (Å²) >= 11 is 0. The molecule has 0 saturated heterocycles. The second-order valence-electron chi connectivity index (χ2n) is 7.80. The zero-order chi connectivity index (χ0) is 16.5. The molecule has 1 saturated carbocycles. The molecule has 0 aliphatic heterocycles. The molecule has 2 aliphatic rings. The van der Waals surface area contributed by atoms with Crippen LogP contribution in [0.1, 0.15) is 60.3 Å². The van der Waals surface area contributed by atoms with Gasteiger partial charge in [-0.3, -0.25) is 4.79 Å². The van der Waals surface area contributed by atoms with Gasteiger partial charge in [0.1, 0.15) is 0 Å². The summed E-state index contributed by atoms with van der Waals surface area (Å²) in [7, 11) is 0. The van der Waals surface area contributed by atoms with Crippen molar-refractivity contribution < 1.29 is 9.90 Å². The van der Waals surface area contributed by atoms with E-state index in [2.05, 4.69) is 26.8 Å². The first kappa shape index (κ1) is 17.2. The molecule has 0 unspecified atom stereocenters. The predicted molar refractivity (Wildman–Crippen MR) is 91.5 cm³/mol. The molecule has 0 radical (unpaired) electrons. The molecule has 2 heteroatoms. The topological polar surface area (TPSA) is 37.3 Å². The minimum absolute atomic E-state index is 0.207. The van der Waals surface area contributed by atoms with Crippen LogP contribution in [-0.2, 0) is 4.79 Å². The first-order valence-electron chi connectivity index (χ1n) is 8.44. The summed E-state index contributed by atoms with van der Waals surface area (Å²) in [4.78, 5) is 12.3. The van der Waals surface area contributed by atoms with Crippen molar-refractivity contribution in [3.8, 4) is 0 Å². The van der Waals surface area contributed by atoms with Crippen molar-refractivity contribution in [1.29, 1.82) is 0 Å². The number of allylic oxidation sites excluding steroid dienone is 4. The van der Waals surface area contributed by atoms with Crippen molar-refractivity contribution in [2.75, 3.05) is 0 Å². The van der Waals surface area contributed by atoms with E-state index in [1.54, 1.807) is 0 Å². The van der Waals surface area contributed by atoms with Crippen LogP contribution in [0.4, 0.5) is 0 Å². The van der Waals surface area contributed by atoms with Crippen molar-refractivity contribution in [1.82, 2.24) is 0 Å². The molecule has 0 aromatic rings. The third-order valence-electron chi connectivity index (χ3n) is 5.50. The number of hydrogen-bond acceptors (Lipinski definition) is 2. The Balaban J connectivity index is 2.23. The Morgan fingerprint density at radius 3 is 2.50 bits per heavy atom. The van der Waals surface area contributed by atoms with Crippen LogP contribution in [0, 0.1) is 17.3 Å². The van der Waals surface area contributed by atoms with Gasteiger partial charge in [-0.25, -0.2) is 0 Å². The molecule has 0 heterocycles. The molecule has 2 rings (SSSR count). The molecular weight excluding hydrogens is 272 g/mol. The van der Waals surface area contributed by atoms with E-state index in [1.807, 2.05) is 26.0 Å². The number of ketones is 1. The molecule has 2 aliphatic carbocycles. The van der Waals surface area contributed by atoms with Crippen molar-refractivity contribution in [2.45, 2.75) is 66.4 Å². The van der Waals surface area contributed by atoms with Crippen LogP contribution >= 0.6 is 0 Å². The number of fused-ring (bicyclic) bond motifs is 1. The molecule has 0 bridgehead atoms. The molecule has 3 atom stereocenters. The summed E-state index contributed by atoms with van der Waals surface area (Å²) in [6, 6.07) is 0. The van der Waals surface area contributed by atoms with Crippen LogP contribution in [-0.4, -0.2) is 17.0 Å². The molecule has 0 spiro atoms. The van der Waals surface area contributed by atoms with E-state index in [-0.39, 0.29) is 5.78 Å². The highest BCUT2D eigenvalue weighted by atomic mass is 16.3. The van der Waals surface area contributed by atoms with Gasteiger partial charge >= 0.3 is 0 Å². The third kappa shape index (κ3) is 3.98. The minimum atomic E-state index is -0.436. The van der Waals surface area contributed by atoms with E-state index >= 15 is 0 Å². The van der Waals surface area contributed by atoms with E-state index in [9.17, 15) is 9.90 Å². The maximum absolute atomic E-state index is 12.3. The van der Waals surface area contributed by atoms with Gasteiger partial charge in [0, 0.05) is 6.42 Å². The number of Topliss-reactive ketones (excluding diaryl/α,β-unsaturated/α-hetero) is 1. The standard InChI is InChI=1S/C20H30O2/c1-13-6-8-17-18(20(17,4)5)12-15(3)19(22)9-7-14(2)11-16(21)10-13/h7,10,12,16-18,21H,6,8-9,11H2,1-5H3/b13-10+,14-7+,15-12+/t16-,17-,18-/m1/s1. The highest BCUT2D eigenvalue weighted by Gasteiger charge is 2.55. The second-order valence-corrected chi connectivity index (χ2v) is 7.80.